The van der Waals surface area contributed by atoms with Crippen LogP contribution in [-0.2, 0) is 9.59 Å². The number of piperidine rings is 1. The predicted molar refractivity (Wildman–Crippen MR) is 113 cm³/mol. The Balaban J connectivity index is 1.58. The van der Waals surface area contributed by atoms with Crippen LogP contribution < -0.4 is 10.6 Å². The van der Waals surface area contributed by atoms with Gasteiger partial charge in [0, 0.05) is 12.6 Å². The van der Waals surface area contributed by atoms with E-state index in [0.29, 0.717) is 36.4 Å². The Morgan fingerprint density at radius 3 is 2.93 bits per heavy atom. The minimum atomic E-state index is -0.571. The number of hydrogen-bond donors (Lipinski definition) is 2. The van der Waals surface area contributed by atoms with Crippen LogP contribution in [0, 0.1) is 0 Å². The third kappa shape index (κ3) is 3.66. The summed E-state index contributed by atoms with van der Waals surface area (Å²) in [6.07, 6.45) is 2.96. The van der Waals surface area contributed by atoms with Crippen LogP contribution in [0.5, 0.6) is 0 Å². The lowest BCUT2D eigenvalue weighted by molar-refractivity contribution is -0.123. The minimum absolute atomic E-state index is 0.0324. The Hall–Kier alpha value is -2.32. The Kier molecular flexibility index (Phi) is 5.41. The molecule has 1 fully saturated rings. The summed E-state index contributed by atoms with van der Waals surface area (Å²) in [6, 6.07) is 6.92. The van der Waals surface area contributed by atoms with Crippen LogP contribution in [-0.4, -0.2) is 53.3 Å². The molecule has 4 rings (SSSR count). The van der Waals surface area contributed by atoms with Crippen molar-refractivity contribution in [3.8, 4) is 11.1 Å². The number of thioether (sulfide) groups is 1. The normalized spacial score (nSPS) is 21.4. The van der Waals surface area contributed by atoms with Crippen molar-refractivity contribution in [1.82, 2.24) is 10.2 Å². The third-order valence-electron chi connectivity index (χ3n) is 5.17. The second kappa shape index (κ2) is 7.97. The van der Waals surface area contributed by atoms with Crippen molar-refractivity contribution < 1.29 is 14.4 Å². The standard InChI is InChI=1S/C20H21N3O3S2/c1-27-11-18(24)21-14-4-6-23-17(9-14)19(25)22-16-3-2-12(8-15(16)20(23)26)13-5-7-28-10-13/h2-3,5,7-8,10,14,17H,4,6,9,11H2,1H3,(H,21,24)(H,22,25)/t14-,17+/m1/s1. The number of nitrogens with zero attached hydrogens (tertiary/aromatic N) is 1. The first-order chi connectivity index (χ1) is 13.6. The number of nitrogens with one attached hydrogen (secondary N) is 2. The Morgan fingerprint density at radius 2 is 2.18 bits per heavy atom. The fourth-order valence-corrected chi connectivity index (χ4v) is 4.81. The number of hydrogen-bond acceptors (Lipinski definition) is 5. The Bertz CT molecular complexity index is 913. The first-order valence-electron chi connectivity index (χ1n) is 9.13. The summed E-state index contributed by atoms with van der Waals surface area (Å²) in [7, 11) is 0. The Labute approximate surface area is 171 Å². The molecular formula is C20H21N3O3S2. The molecule has 1 aromatic heterocycles. The Morgan fingerprint density at radius 1 is 1.32 bits per heavy atom. The van der Waals surface area contributed by atoms with E-state index >= 15 is 0 Å². The fourth-order valence-electron chi connectivity index (χ4n) is 3.80. The van der Waals surface area contributed by atoms with Crippen molar-refractivity contribution in [1.29, 1.82) is 0 Å². The van der Waals surface area contributed by atoms with Crippen LogP contribution in [0.4, 0.5) is 5.69 Å². The van der Waals surface area contributed by atoms with Gasteiger partial charge in [-0.3, -0.25) is 14.4 Å². The van der Waals surface area contributed by atoms with Crippen molar-refractivity contribution >= 4 is 46.5 Å². The highest BCUT2D eigenvalue weighted by molar-refractivity contribution is 7.99. The monoisotopic (exact) mass is 415 g/mol. The lowest BCUT2D eigenvalue weighted by Gasteiger charge is -2.37. The smallest absolute Gasteiger partial charge is 0.256 e. The van der Waals surface area contributed by atoms with E-state index in [2.05, 4.69) is 10.6 Å². The summed E-state index contributed by atoms with van der Waals surface area (Å²) in [5, 5.41) is 9.92. The van der Waals surface area contributed by atoms with Crippen molar-refractivity contribution in [3.63, 3.8) is 0 Å². The van der Waals surface area contributed by atoms with Crippen molar-refractivity contribution in [2.75, 3.05) is 23.9 Å². The van der Waals surface area contributed by atoms with Crippen LogP contribution in [0.25, 0.3) is 11.1 Å². The number of amides is 3. The van der Waals surface area contributed by atoms with Crippen LogP contribution >= 0.6 is 23.1 Å². The zero-order valence-electron chi connectivity index (χ0n) is 15.4. The van der Waals surface area contributed by atoms with Gasteiger partial charge in [-0.2, -0.15) is 23.1 Å². The van der Waals surface area contributed by atoms with E-state index in [1.807, 2.05) is 35.2 Å². The van der Waals surface area contributed by atoms with Gasteiger partial charge in [-0.05, 0) is 59.2 Å². The van der Waals surface area contributed by atoms with Gasteiger partial charge in [0.1, 0.15) is 6.04 Å². The van der Waals surface area contributed by atoms with Crippen LogP contribution in [0.15, 0.2) is 35.0 Å². The molecule has 0 radical (unpaired) electrons. The number of anilines is 1. The van der Waals surface area contributed by atoms with E-state index in [4.69, 9.17) is 0 Å². The molecule has 0 saturated carbocycles. The first kappa shape index (κ1) is 19.0. The summed E-state index contributed by atoms with van der Waals surface area (Å²) < 4.78 is 0. The van der Waals surface area contributed by atoms with E-state index in [0.717, 1.165) is 11.1 Å². The van der Waals surface area contributed by atoms with Crippen LogP contribution in [0.2, 0.25) is 0 Å². The number of fused-ring (bicyclic) bond motifs is 2. The van der Waals surface area contributed by atoms with E-state index in [-0.39, 0.29) is 23.8 Å². The van der Waals surface area contributed by atoms with E-state index < -0.39 is 6.04 Å². The molecule has 2 aromatic rings. The minimum Gasteiger partial charge on any atom is -0.352 e. The molecule has 2 aliphatic rings. The molecule has 2 aliphatic heterocycles. The topological polar surface area (TPSA) is 78.5 Å². The fraction of sp³-hybridized carbons (Fsp3) is 0.350. The highest BCUT2D eigenvalue weighted by Crippen LogP contribution is 2.32. The number of rotatable bonds is 4. The lowest BCUT2D eigenvalue weighted by Crippen LogP contribution is -2.55. The van der Waals surface area contributed by atoms with Crippen LogP contribution in [0.3, 0.4) is 0 Å². The molecule has 8 heteroatoms. The molecule has 2 atom stereocenters. The first-order valence-corrected chi connectivity index (χ1v) is 11.5. The summed E-state index contributed by atoms with van der Waals surface area (Å²) in [4.78, 5) is 39.6. The maximum Gasteiger partial charge on any atom is 0.256 e. The maximum atomic E-state index is 13.2. The number of thiophene rings is 1. The predicted octanol–water partition coefficient (Wildman–Crippen LogP) is 2.82. The average Bonchev–Trinajstić information content (AvgIpc) is 3.19. The molecule has 3 amide bonds. The summed E-state index contributed by atoms with van der Waals surface area (Å²) in [5.74, 6) is 0.0332. The van der Waals surface area contributed by atoms with Gasteiger partial charge in [0.05, 0.1) is 17.0 Å². The molecule has 0 unspecified atom stereocenters. The molecule has 2 N–H and O–H groups in total. The number of carbonyl (C=O) groups is 3. The maximum absolute atomic E-state index is 13.2. The van der Waals surface area contributed by atoms with E-state index in [1.54, 1.807) is 22.3 Å². The number of benzene rings is 1. The largest absolute Gasteiger partial charge is 0.352 e. The molecule has 1 aromatic carbocycles. The second-order valence-electron chi connectivity index (χ2n) is 7.00. The van der Waals surface area contributed by atoms with Crippen LogP contribution in [0.1, 0.15) is 23.2 Å². The molecular weight excluding hydrogens is 394 g/mol. The van der Waals surface area contributed by atoms with Gasteiger partial charge in [-0.1, -0.05) is 6.07 Å². The second-order valence-corrected chi connectivity index (χ2v) is 8.64. The molecule has 0 aliphatic carbocycles. The van der Waals surface area contributed by atoms with Crippen molar-refractivity contribution in [2.45, 2.75) is 24.9 Å². The molecule has 0 bridgehead atoms. The van der Waals surface area contributed by atoms with Gasteiger partial charge < -0.3 is 15.5 Å². The highest BCUT2D eigenvalue weighted by atomic mass is 32.2. The average molecular weight is 416 g/mol. The van der Waals surface area contributed by atoms with Gasteiger partial charge in [0.25, 0.3) is 5.91 Å². The van der Waals surface area contributed by atoms with E-state index in [9.17, 15) is 14.4 Å². The molecule has 1 saturated heterocycles. The van der Waals surface area contributed by atoms with Crippen molar-refractivity contribution in [2.24, 2.45) is 0 Å². The molecule has 28 heavy (non-hydrogen) atoms. The van der Waals surface area contributed by atoms with E-state index in [1.165, 1.54) is 11.8 Å². The van der Waals surface area contributed by atoms with Gasteiger partial charge in [0.15, 0.2) is 0 Å². The summed E-state index contributed by atoms with van der Waals surface area (Å²) >= 11 is 3.06. The zero-order chi connectivity index (χ0) is 19.7. The third-order valence-corrected chi connectivity index (χ3v) is 6.40. The highest BCUT2D eigenvalue weighted by Gasteiger charge is 2.40. The quantitative estimate of drug-likeness (QED) is 0.805. The molecule has 0 spiro atoms. The lowest BCUT2D eigenvalue weighted by atomic mass is 9.96. The summed E-state index contributed by atoms with van der Waals surface area (Å²) in [5.41, 5.74) is 3.08. The zero-order valence-corrected chi connectivity index (χ0v) is 17.1. The molecule has 3 heterocycles. The SMILES string of the molecule is CSCC(=O)N[C@@H]1CCN2C(=O)c3cc(-c4ccsc4)ccc3NC(=O)[C@@H]2C1. The van der Waals surface area contributed by atoms with Gasteiger partial charge in [-0.15, -0.1) is 0 Å². The number of carbonyl (C=O) groups excluding carboxylic acids is 3. The molecule has 146 valence electrons. The summed E-state index contributed by atoms with van der Waals surface area (Å²) in [6.45, 7) is 0.448. The van der Waals surface area contributed by atoms with Gasteiger partial charge in [-0.25, -0.2) is 0 Å². The molecule has 6 nitrogen and oxygen atoms in total. The van der Waals surface area contributed by atoms with Gasteiger partial charge >= 0.3 is 0 Å². The van der Waals surface area contributed by atoms with Crippen molar-refractivity contribution in [3.05, 3.63) is 40.6 Å². The van der Waals surface area contributed by atoms with Gasteiger partial charge in [0.2, 0.25) is 11.8 Å².